The Morgan fingerprint density at radius 3 is 3.00 bits per heavy atom. The Hall–Kier alpha value is -1.49. The molecule has 0 bridgehead atoms. The molecule has 5 heteroatoms. The van der Waals surface area contributed by atoms with E-state index >= 15 is 0 Å². The van der Waals surface area contributed by atoms with Crippen LogP contribution in [0.25, 0.3) is 0 Å². The summed E-state index contributed by atoms with van der Waals surface area (Å²) < 4.78 is 0. The molecule has 2 heterocycles. The number of hydrogen-bond acceptors (Lipinski definition) is 3. The highest BCUT2D eigenvalue weighted by Crippen LogP contribution is 2.39. The van der Waals surface area contributed by atoms with Crippen molar-refractivity contribution in [3.63, 3.8) is 0 Å². The zero-order chi connectivity index (χ0) is 13.2. The van der Waals surface area contributed by atoms with Crippen molar-refractivity contribution in [3.05, 3.63) is 29.8 Å². The van der Waals surface area contributed by atoms with E-state index < -0.39 is 0 Å². The molecule has 19 heavy (non-hydrogen) atoms. The van der Waals surface area contributed by atoms with Gasteiger partial charge < -0.3 is 10.6 Å². The molecule has 1 fully saturated rings. The number of thioether (sulfide) groups is 1. The minimum Gasteiger partial charge on any atom is -0.354 e. The molecule has 4 nitrogen and oxygen atoms in total. The molecule has 2 amide bonds. The van der Waals surface area contributed by atoms with Crippen LogP contribution in [-0.2, 0) is 9.59 Å². The molecule has 1 saturated heterocycles. The standard InChI is InChI=1S/C14H16N2O2S/c17-13-6-5-9(7-15-13)16-14(18)11-8-19-12-4-2-1-3-10(11)12/h1-4,9,11H,5-8H2,(H,15,17)(H,16,18). The molecule has 0 spiro atoms. The monoisotopic (exact) mass is 276 g/mol. The van der Waals surface area contributed by atoms with E-state index in [4.69, 9.17) is 0 Å². The Kier molecular flexibility index (Phi) is 3.46. The van der Waals surface area contributed by atoms with Gasteiger partial charge in [0.15, 0.2) is 0 Å². The van der Waals surface area contributed by atoms with Crippen molar-refractivity contribution in [1.29, 1.82) is 0 Å². The predicted octanol–water partition coefficient (Wildman–Crippen LogP) is 1.27. The van der Waals surface area contributed by atoms with Crippen LogP contribution in [-0.4, -0.2) is 30.2 Å². The average Bonchev–Trinajstić information content (AvgIpc) is 2.85. The van der Waals surface area contributed by atoms with E-state index in [0.717, 1.165) is 17.7 Å². The lowest BCUT2D eigenvalue weighted by Crippen LogP contribution is -2.48. The normalized spacial score (nSPS) is 25.6. The third kappa shape index (κ3) is 2.61. The first-order valence-electron chi connectivity index (χ1n) is 6.53. The topological polar surface area (TPSA) is 58.2 Å². The van der Waals surface area contributed by atoms with Crippen LogP contribution in [0.3, 0.4) is 0 Å². The van der Waals surface area contributed by atoms with Crippen molar-refractivity contribution >= 4 is 23.6 Å². The van der Waals surface area contributed by atoms with Crippen molar-refractivity contribution in [3.8, 4) is 0 Å². The number of piperidine rings is 1. The number of benzene rings is 1. The van der Waals surface area contributed by atoms with Crippen molar-refractivity contribution < 1.29 is 9.59 Å². The fourth-order valence-electron chi connectivity index (χ4n) is 2.54. The highest BCUT2D eigenvalue weighted by Gasteiger charge is 2.30. The molecule has 0 radical (unpaired) electrons. The molecule has 1 aromatic rings. The molecule has 0 aliphatic carbocycles. The molecule has 2 atom stereocenters. The van der Waals surface area contributed by atoms with Gasteiger partial charge in [-0.15, -0.1) is 11.8 Å². The third-order valence-corrected chi connectivity index (χ3v) is 4.81. The van der Waals surface area contributed by atoms with Gasteiger partial charge in [-0.2, -0.15) is 0 Å². The highest BCUT2D eigenvalue weighted by atomic mass is 32.2. The van der Waals surface area contributed by atoms with Crippen LogP contribution in [0.4, 0.5) is 0 Å². The van der Waals surface area contributed by atoms with Gasteiger partial charge in [0, 0.05) is 29.7 Å². The Labute approximate surface area is 116 Å². The highest BCUT2D eigenvalue weighted by molar-refractivity contribution is 7.99. The maximum atomic E-state index is 12.3. The fourth-order valence-corrected chi connectivity index (χ4v) is 3.77. The zero-order valence-electron chi connectivity index (χ0n) is 10.5. The van der Waals surface area contributed by atoms with Crippen LogP contribution < -0.4 is 10.6 Å². The number of nitrogens with one attached hydrogen (secondary N) is 2. The van der Waals surface area contributed by atoms with Gasteiger partial charge in [0.1, 0.15) is 0 Å². The van der Waals surface area contributed by atoms with Gasteiger partial charge in [-0.1, -0.05) is 18.2 Å². The second kappa shape index (κ2) is 5.25. The van der Waals surface area contributed by atoms with Gasteiger partial charge in [-0.25, -0.2) is 0 Å². The van der Waals surface area contributed by atoms with Gasteiger partial charge in [-0.3, -0.25) is 9.59 Å². The van der Waals surface area contributed by atoms with Crippen molar-refractivity contribution in [2.75, 3.05) is 12.3 Å². The number of fused-ring (bicyclic) bond motifs is 1. The first-order valence-corrected chi connectivity index (χ1v) is 7.51. The quantitative estimate of drug-likeness (QED) is 0.855. The Bertz CT molecular complexity index is 508. The van der Waals surface area contributed by atoms with E-state index in [-0.39, 0.29) is 23.8 Å². The largest absolute Gasteiger partial charge is 0.354 e. The smallest absolute Gasteiger partial charge is 0.228 e. The molecular formula is C14H16N2O2S. The molecule has 0 saturated carbocycles. The molecule has 3 rings (SSSR count). The van der Waals surface area contributed by atoms with Crippen LogP contribution in [0.1, 0.15) is 24.3 Å². The number of amides is 2. The summed E-state index contributed by atoms with van der Waals surface area (Å²) in [5, 5.41) is 5.84. The Balaban J connectivity index is 1.64. The second-order valence-electron chi connectivity index (χ2n) is 4.95. The van der Waals surface area contributed by atoms with E-state index in [0.29, 0.717) is 13.0 Å². The fraction of sp³-hybridized carbons (Fsp3) is 0.429. The van der Waals surface area contributed by atoms with E-state index in [1.807, 2.05) is 18.2 Å². The summed E-state index contributed by atoms with van der Waals surface area (Å²) in [6, 6.07) is 8.15. The van der Waals surface area contributed by atoms with Gasteiger partial charge in [-0.05, 0) is 18.1 Å². The first kappa shape index (κ1) is 12.5. The number of hydrogen-bond donors (Lipinski definition) is 2. The van der Waals surface area contributed by atoms with E-state index in [1.54, 1.807) is 11.8 Å². The van der Waals surface area contributed by atoms with Gasteiger partial charge in [0.2, 0.25) is 11.8 Å². The lowest BCUT2D eigenvalue weighted by atomic mass is 9.99. The van der Waals surface area contributed by atoms with Crippen LogP contribution in [0, 0.1) is 0 Å². The van der Waals surface area contributed by atoms with Crippen LogP contribution in [0.2, 0.25) is 0 Å². The second-order valence-corrected chi connectivity index (χ2v) is 6.01. The maximum absolute atomic E-state index is 12.3. The summed E-state index contributed by atoms with van der Waals surface area (Å²) >= 11 is 1.74. The summed E-state index contributed by atoms with van der Waals surface area (Å²) in [6.07, 6.45) is 1.24. The van der Waals surface area contributed by atoms with E-state index in [1.165, 1.54) is 4.90 Å². The zero-order valence-corrected chi connectivity index (χ0v) is 11.3. The number of rotatable bonds is 2. The molecule has 2 unspecified atom stereocenters. The molecule has 2 N–H and O–H groups in total. The summed E-state index contributed by atoms with van der Waals surface area (Å²) in [7, 11) is 0. The van der Waals surface area contributed by atoms with Crippen molar-refractivity contribution in [1.82, 2.24) is 10.6 Å². The maximum Gasteiger partial charge on any atom is 0.228 e. The van der Waals surface area contributed by atoms with E-state index in [2.05, 4.69) is 16.7 Å². The number of carbonyl (C=O) groups excluding carboxylic acids is 2. The molecule has 2 aliphatic heterocycles. The summed E-state index contributed by atoms with van der Waals surface area (Å²) in [5.74, 6) is 0.911. The summed E-state index contributed by atoms with van der Waals surface area (Å²) in [5.41, 5.74) is 1.13. The minimum atomic E-state index is -0.0566. The minimum absolute atomic E-state index is 0.0566. The predicted molar refractivity (Wildman–Crippen MR) is 74.1 cm³/mol. The third-order valence-electron chi connectivity index (χ3n) is 3.63. The Morgan fingerprint density at radius 2 is 2.21 bits per heavy atom. The molecule has 100 valence electrons. The molecule has 2 aliphatic rings. The summed E-state index contributed by atoms with van der Waals surface area (Å²) in [4.78, 5) is 24.6. The van der Waals surface area contributed by atoms with Gasteiger partial charge in [0.25, 0.3) is 0 Å². The van der Waals surface area contributed by atoms with Gasteiger partial charge in [0.05, 0.1) is 5.92 Å². The van der Waals surface area contributed by atoms with E-state index in [9.17, 15) is 9.59 Å². The summed E-state index contributed by atoms with van der Waals surface area (Å²) in [6.45, 7) is 0.548. The van der Waals surface area contributed by atoms with Crippen LogP contribution in [0.15, 0.2) is 29.2 Å². The number of carbonyl (C=O) groups is 2. The van der Waals surface area contributed by atoms with Crippen molar-refractivity contribution in [2.45, 2.75) is 29.7 Å². The molecule has 0 aromatic heterocycles. The average molecular weight is 276 g/mol. The van der Waals surface area contributed by atoms with Gasteiger partial charge >= 0.3 is 0 Å². The van der Waals surface area contributed by atoms with Crippen LogP contribution in [0.5, 0.6) is 0 Å². The van der Waals surface area contributed by atoms with Crippen LogP contribution >= 0.6 is 11.8 Å². The first-order chi connectivity index (χ1) is 9.24. The SMILES string of the molecule is O=C1CCC(NC(=O)C2CSc3ccccc32)CN1. The molecule has 1 aromatic carbocycles. The Morgan fingerprint density at radius 1 is 1.37 bits per heavy atom. The lowest BCUT2D eigenvalue weighted by molar-refractivity contribution is -0.126. The molecular weight excluding hydrogens is 260 g/mol. The lowest BCUT2D eigenvalue weighted by Gasteiger charge is -2.24. The van der Waals surface area contributed by atoms with Crippen molar-refractivity contribution in [2.24, 2.45) is 0 Å².